The van der Waals surface area contributed by atoms with E-state index in [2.05, 4.69) is 5.32 Å². The fourth-order valence-electron chi connectivity index (χ4n) is 3.57. The molecule has 1 aliphatic rings. The molecule has 0 unspecified atom stereocenters. The second-order valence-corrected chi connectivity index (χ2v) is 12.2. The molecule has 37 heavy (non-hydrogen) atoms. The number of carbonyl (C=O) groups is 2. The number of alkyl carbamates (subject to hydrolysis) is 1. The van der Waals surface area contributed by atoms with Crippen LogP contribution in [0.4, 0.5) is 4.79 Å². The maximum atomic E-state index is 12.3. The van der Waals surface area contributed by atoms with Crippen LogP contribution in [0.2, 0.25) is 0 Å². The first-order valence-electron chi connectivity index (χ1n) is 11.5. The Bertz CT molecular complexity index is 1090. The van der Waals surface area contributed by atoms with Crippen molar-refractivity contribution >= 4 is 57.6 Å². The summed E-state index contributed by atoms with van der Waals surface area (Å²) in [5, 5.41) is 25.9. The number of hydrogen-bond donors (Lipinski definition) is 3. The van der Waals surface area contributed by atoms with Crippen molar-refractivity contribution in [2.75, 3.05) is 13.2 Å². The molecule has 12 heteroatoms. The lowest BCUT2D eigenvalue weighted by molar-refractivity contribution is -0.274. The lowest BCUT2D eigenvalue weighted by Gasteiger charge is -2.42. The Morgan fingerprint density at radius 2 is 1.68 bits per heavy atom. The summed E-state index contributed by atoms with van der Waals surface area (Å²) < 4.78 is 20.1. The minimum atomic E-state index is -1.84. The third-order valence-corrected chi connectivity index (χ3v) is 5.90. The van der Waals surface area contributed by atoms with Gasteiger partial charge in [-0.2, -0.15) is 0 Å². The Kier molecular flexibility index (Phi) is 9.90. The van der Waals surface area contributed by atoms with E-state index in [1.807, 2.05) is 42.5 Å². The Balaban J connectivity index is 1.74. The van der Waals surface area contributed by atoms with Gasteiger partial charge in [0.25, 0.3) is 0 Å². The van der Waals surface area contributed by atoms with Crippen LogP contribution >= 0.6 is 34.8 Å². The van der Waals surface area contributed by atoms with Crippen molar-refractivity contribution in [1.82, 2.24) is 5.32 Å². The Labute approximate surface area is 229 Å². The van der Waals surface area contributed by atoms with Gasteiger partial charge in [0.1, 0.15) is 37.6 Å². The molecule has 3 rings (SSSR count). The normalized spacial score (nSPS) is 24.5. The van der Waals surface area contributed by atoms with Crippen LogP contribution in [-0.2, 0) is 30.3 Å². The average molecular weight is 579 g/mol. The van der Waals surface area contributed by atoms with Crippen LogP contribution in [0.5, 0.6) is 0 Å². The van der Waals surface area contributed by atoms with E-state index in [0.29, 0.717) is 0 Å². The van der Waals surface area contributed by atoms with Gasteiger partial charge in [0, 0.05) is 0 Å². The van der Waals surface area contributed by atoms with E-state index >= 15 is 0 Å². The van der Waals surface area contributed by atoms with E-state index in [4.69, 9.17) is 53.8 Å². The Hall–Kier alpha value is -1.85. The number of nitrogens with one attached hydrogen (secondary N) is 1. The van der Waals surface area contributed by atoms with Crippen molar-refractivity contribution in [3.8, 4) is 0 Å². The smallest absolute Gasteiger partial charge is 0.407 e. The third-order valence-electron chi connectivity index (χ3n) is 5.57. The van der Waals surface area contributed by atoms with E-state index in [-0.39, 0.29) is 13.2 Å². The molecular formula is C25H30Cl3NO8. The van der Waals surface area contributed by atoms with Gasteiger partial charge in [-0.3, -0.25) is 4.79 Å². The van der Waals surface area contributed by atoms with E-state index in [9.17, 15) is 19.8 Å². The van der Waals surface area contributed by atoms with Crippen molar-refractivity contribution in [2.24, 2.45) is 5.41 Å². The highest BCUT2D eigenvalue weighted by Crippen LogP contribution is 2.27. The highest BCUT2D eigenvalue weighted by atomic mass is 35.6. The standard InChI is InChI=1S/C25H30Cl3NO8/c1-24(2,3)22(32)35-12-17-19(30)20(31)18(29-23(33)36-13-25(26,27)28)21(37-17)34-11-14-8-9-15-6-4-5-7-16(15)10-14/h4-10,17-21,30-31H,11-13H2,1-3H3,(H,29,33)/t17-,18-,19-,20-,21-/m1/s1. The topological polar surface area (TPSA) is 124 Å². The quantitative estimate of drug-likeness (QED) is 0.334. The monoisotopic (exact) mass is 577 g/mol. The van der Waals surface area contributed by atoms with E-state index in [1.165, 1.54) is 0 Å². The first-order valence-corrected chi connectivity index (χ1v) is 12.7. The number of ether oxygens (including phenoxy) is 4. The SMILES string of the molecule is CC(C)(C)C(=O)OC[C@H]1O[C@@H](OCc2ccc3ccccc3c2)[C@H](NC(=O)OCC(Cl)(Cl)Cl)[C@@H](O)[C@@H]1O. The predicted molar refractivity (Wildman–Crippen MR) is 138 cm³/mol. The minimum Gasteiger partial charge on any atom is -0.462 e. The van der Waals surface area contributed by atoms with Gasteiger partial charge < -0.3 is 34.5 Å². The van der Waals surface area contributed by atoms with Crippen molar-refractivity contribution in [3.05, 3.63) is 48.0 Å². The highest BCUT2D eigenvalue weighted by Gasteiger charge is 2.47. The molecule has 3 N–H and O–H groups in total. The van der Waals surface area contributed by atoms with E-state index in [1.54, 1.807) is 20.8 Å². The summed E-state index contributed by atoms with van der Waals surface area (Å²) in [6, 6.07) is 12.3. The molecule has 1 saturated heterocycles. The van der Waals surface area contributed by atoms with Crippen molar-refractivity contribution in [3.63, 3.8) is 0 Å². The first-order chi connectivity index (χ1) is 17.2. The van der Waals surface area contributed by atoms with Gasteiger partial charge in [-0.1, -0.05) is 71.2 Å². The highest BCUT2D eigenvalue weighted by molar-refractivity contribution is 6.67. The van der Waals surface area contributed by atoms with Gasteiger partial charge in [-0.25, -0.2) is 4.79 Å². The van der Waals surface area contributed by atoms with E-state index in [0.717, 1.165) is 16.3 Å². The molecule has 9 nitrogen and oxygen atoms in total. The molecule has 1 heterocycles. The fraction of sp³-hybridized carbons (Fsp3) is 0.520. The number of aliphatic hydroxyl groups is 2. The van der Waals surface area contributed by atoms with Crippen LogP contribution in [0.1, 0.15) is 26.3 Å². The summed E-state index contributed by atoms with van der Waals surface area (Å²) >= 11 is 16.8. The number of esters is 1. The molecule has 1 fully saturated rings. The number of hydrogen-bond acceptors (Lipinski definition) is 8. The largest absolute Gasteiger partial charge is 0.462 e. The molecule has 2 aromatic carbocycles. The molecular weight excluding hydrogens is 549 g/mol. The van der Waals surface area contributed by atoms with Crippen LogP contribution in [-0.4, -0.2) is 69.9 Å². The maximum absolute atomic E-state index is 12.3. The number of benzene rings is 2. The summed E-state index contributed by atoms with van der Waals surface area (Å²) in [5.74, 6) is -0.512. The van der Waals surface area contributed by atoms with Crippen molar-refractivity contribution in [1.29, 1.82) is 0 Å². The molecule has 0 spiro atoms. The molecule has 0 aromatic heterocycles. The van der Waals surface area contributed by atoms with Crippen LogP contribution in [0.15, 0.2) is 42.5 Å². The van der Waals surface area contributed by atoms with Gasteiger partial charge in [0.05, 0.1) is 12.0 Å². The van der Waals surface area contributed by atoms with Crippen LogP contribution in [0, 0.1) is 5.41 Å². The molecule has 0 radical (unpaired) electrons. The number of alkyl halides is 3. The number of rotatable bonds is 7. The molecule has 5 atom stereocenters. The van der Waals surface area contributed by atoms with Gasteiger partial charge in [0.15, 0.2) is 6.29 Å². The molecule has 0 aliphatic carbocycles. The minimum absolute atomic E-state index is 0.0498. The second kappa shape index (κ2) is 12.3. The molecule has 1 amide bonds. The molecule has 0 bridgehead atoms. The van der Waals surface area contributed by atoms with Gasteiger partial charge in [-0.15, -0.1) is 0 Å². The zero-order valence-corrected chi connectivity index (χ0v) is 22.8. The number of carbonyl (C=O) groups excluding carboxylic acids is 2. The maximum Gasteiger partial charge on any atom is 0.407 e. The first kappa shape index (κ1) is 29.7. The van der Waals surface area contributed by atoms with Gasteiger partial charge in [-0.05, 0) is 43.2 Å². The Morgan fingerprint density at radius 1 is 1.00 bits per heavy atom. The summed E-state index contributed by atoms with van der Waals surface area (Å²) in [5.41, 5.74) is 0.0248. The van der Waals surface area contributed by atoms with E-state index < -0.39 is 58.5 Å². The lowest BCUT2D eigenvalue weighted by atomic mass is 9.96. The molecule has 204 valence electrons. The summed E-state index contributed by atoms with van der Waals surface area (Å²) in [7, 11) is 0. The summed E-state index contributed by atoms with van der Waals surface area (Å²) in [6.45, 7) is 4.20. The zero-order valence-electron chi connectivity index (χ0n) is 20.5. The molecule has 0 saturated carbocycles. The third kappa shape index (κ3) is 8.58. The number of aliphatic hydroxyl groups excluding tert-OH is 2. The van der Waals surface area contributed by atoms with Crippen LogP contribution in [0.3, 0.4) is 0 Å². The fourth-order valence-corrected chi connectivity index (χ4v) is 3.74. The number of halogens is 3. The lowest BCUT2D eigenvalue weighted by Crippen LogP contribution is -2.65. The van der Waals surface area contributed by atoms with Crippen LogP contribution < -0.4 is 5.32 Å². The summed E-state index contributed by atoms with van der Waals surface area (Å²) in [6.07, 6.45) is -6.48. The zero-order chi connectivity index (χ0) is 27.4. The predicted octanol–water partition coefficient (Wildman–Crippen LogP) is 3.86. The van der Waals surface area contributed by atoms with Crippen LogP contribution in [0.25, 0.3) is 10.8 Å². The van der Waals surface area contributed by atoms with Crippen molar-refractivity contribution in [2.45, 2.75) is 61.8 Å². The molecule has 2 aromatic rings. The second-order valence-electron chi connectivity index (χ2n) is 9.73. The van der Waals surface area contributed by atoms with Gasteiger partial charge >= 0.3 is 12.1 Å². The van der Waals surface area contributed by atoms with Gasteiger partial charge in [0.2, 0.25) is 3.79 Å². The van der Waals surface area contributed by atoms with Crippen molar-refractivity contribution < 1.29 is 38.7 Å². The molecule has 1 aliphatic heterocycles. The average Bonchev–Trinajstić information content (AvgIpc) is 2.83. The summed E-state index contributed by atoms with van der Waals surface area (Å²) in [4.78, 5) is 24.5. The number of amides is 1. The number of fused-ring (bicyclic) bond motifs is 1. The Morgan fingerprint density at radius 3 is 2.32 bits per heavy atom.